The second kappa shape index (κ2) is 6.07. The van der Waals surface area contributed by atoms with E-state index in [2.05, 4.69) is 21.9 Å². The topological polar surface area (TPSA) is 76.2 Å². The van der Waals surface area contributed by atoms with Crippen LogP contribution in [0.4, 0.5) is 0 Å². The summed E-state index contributed by atoms with van der Waals surface area (Å²) in [6.07, 6.45) is 6.86. The van der Waals surface area contributed by atoms with Crippen molar-refractivity contribution in [2.75, 3.05) is 0 Å². The van der Waals surface area contributed by atoms with E-state index < -0.39 is 0 Å². The van der Waals surface area contributed by atoms with E-state index in [4.69, 9.17) is 10.8 Å². The maximum absolute atomic E-state index is 5.58. The number of aryl methyl sites for hydroxylation is 1. The smallest absolute Gasteiger partial charge is 0.156 e. The summed E-state index contributed by atoms with van der Waals surface area (Å²) in [6, 6.07) is 0.414. The van der Waals surface area contributed by atoms with Crippen LogP contribution in [0.25, 0.3) is 0 Å². The van der Waals surface area contributed by atoms with Gasteiger partial charge in [-0.15, -0.1) is 5.10 Å². The highest BCUT2D eigenvalue weighted by Gasteiger charge is 2.18. The van der Waals surface area contributed by atoms with Gasteiger partial charge in [0.1, 0.15) is 4.88 Å². The van der Waals surface area contributed by atoms with Gasteiger partial charge >= 0.3 is 0 Å². The molecule has 17 heavy (non-hydrogen) atoms. The number of hydrogen-bond donors (Lipinski definition) is 2. The second-order valence-electron chi connectivity index (χ2n) is 4.36. The minimum Gasteiger partial charge on any atom is -0.307 e. The molecule has 0 atom stereocenters. The monoisotopic (exact) mass is 253 g/mol. The highest BCUT2D eigenvalue weighted by Crippen LogP contribution is 2.22. The van der Waals surface area contributed by atoms with Gasteiger partial charge in [0.05, 0.1) is 11.7 Å². The average Bonchev–Trinajstić information content (AvgIpc) is 2.97. The molecule has 0 aliphatic heterocycles. The predicted molar refractivity (Wildman–Crippen MR) is 70.0 cm³/mol. The van der Waals surface area contributed by atoms with Crippen LogP contribution in [0.5, 0.6) is 0 Å². The third-order valence-corrected chi connectivity index (χ3v) is 3.81. The average molecular weight is 253 g/mol. The first-order valence-corrected chi connectivity index (χ1v) is 6.98. The highest BCUT2D eigenvalue weighted by molar-refractivity contribution is 7.08. The van der Waals surface area contributed by atoms with Gasteiger partial charge in [0.25, 0.3) is 0 Å². The van der Waals surface area contributed by atoms with Gasteiger partial charge < -0.3 is 5.43 Å². The third kappa shape index (κ3) is 3.01. The van der Waals surface area contributed by atoms with Gasteiger partial charge in [-0.1, -0.05) is 30.7 Å². The Morgan fingerprint density at radius 2 is 2.29 bits per heavy atom. The Hall–Kier alpha value is -1.01. The van der Waals surface area contributed by atoms with E-state index >= 15 is 0 Å². The number of aliphatic imine (C=N–C) groups is 1. The Kier molecular flexibility index (Phi) is 4.44. The van der Waals surface area contributed by atoms with Gasteiger partial charge in [-0.3, -0.25) is 4.99 Å². The minimum absolute atomic E-state index is 0.414. The third-order valence-electron chi connectivity index (χ3n) is 3.03. The summed E-state index contributed by atoms with van der Waals surface area (Å²) in [6.45, 7) is 2.13. The first-order chi connectivity index (χ1) is 8.35. The maximum atomic E-state index is 5.58. The van der Waals surface area contributed by atoms with E-state index in [0.717, 1.165) is 29.2 Å². The molecular formula is C11H19N5S. The van der Waals surface area contributed by atoms with Gasteiger partial charge in [-0.2, -0.15) is 0 Å². The summed E-state index contributed by atoms with van der Waals surface area (Å²) in [4.78, 5) is 5.69. The molecule has 0 spiro atoms. The van der Waals surface area contributed by atoms with Gasteiger partial charge in [0.2, 0.25) is 0 Å². The summed E-state index contributed by atoms with van der Waals surface area (Å²) in [7, 11) is 0. The van der Waals surface area contributed by atoms with Gasteiger partial charge in [0.15, 0.2) is 5.84 Å². The summed E-state index contributed by atoms with van der Waals surface area (Å²) < 4.78 is 4.00. The molecule has 0 aromatic carbocycles. The van der Waals surface area contributed by atoms with Crippen LogP contribution in [-0.2, 0) is 6.42 Å². The van der Waals surface area contributed by atoms with Gasteiger partial charge in [-0.25, -0.2) is 5.84 Å². The molecule has 0 saturated heterocycles. The Balaban J connectivity index is 2.18. The fourth-order valence-corrected chi connectivity index (χ4v) is 2.83. The van der Waals surface area contributed by atoms with Gasteiger partial charge in [0, 0.05) is 0 Å². The van der Waals surface area contributed by atoms with E-state index in [9.17, 15) is 0 Å². The van der Waals surface area contributed by atoms with Crippen molar-refractivity contribution in [1.29, 1.82) is 0 Å². The van der Waals surface area contributed by atoms with E-state index in [0.29, 0.717) is 6.04 Å². The fourth-order valence-electron chi connectivity index (χ4n) is 2.17. The molecule has 6 heteroatoms. The van der Waals surface area contributed by atoms with Crippen LogP contribution < -0.4 is 11.3 Å². The number of hydrazine groups is 1. The standard InChI is InChI=1S/C11H19N5S/c1-2-5-9-10(17-16-15-9)11(14-12)13-8-6-3-4-7-8/h8H,2-7,12H2,1H3,(H,13,14). The molecule has 3 N–H and O–H groups in total. The molecule has 0 bridgehead atoms. The number of nitrogens with zero attached hydrogens (tertiary/aromatic N) is 3. The van der Waals surface area contributed by atoms with Crippen molar-refractivity contribution in [1.82, 2.24) is 15.0 Å². The molecule has 5 nitrogen and oxygen atoms in total. The van der Waals surface area contributed by atoms with Gasteiger partial charge in [-0.05, 0) is 30.8 Å². The zero-order valence-corrected chi connectivity index (χ0v) is 11.0. The molecule has 1 aliphatic carbocycles. The lowest BCUT2D eigenvalue weighted by Crippen LogP contribution is -2.32. The SMILES string of the molecule is CCCc1nnsc1C(=NC1CCCC1)NN. The molecule has 1 aromatic heterocycles. The van der Waals surface area contributed by atoms with Crippen LogP contribution in [0.3, 0.4) is 0 Å². The molecule has 0 radical (unpaired) electrons. The molecule has 0 unspecified atom stereocenters. The van der Waals surface area contributed by atoms with Crippen LogP contribution in [0.2, 0.25) is 0 Å². The lowest BCUT2D eigenvalue weighted by molar-refractivity contribution is 0.700. The highest BCUT2D eigenvalue weighted by atomic mass is 32.1. The van der Waals surface area contributed by atoms with Crippen LogP contribution in [0.1, 0.15) is 49.6 Å². The van der Waals surface area contributed by atoms with Crippen molar-refractivity contribution in [2.24, 2.45) is 10.8 Å². The Labute approximate surface area is 106 Å². The molecule has 0 amide bonds. The quantitative estimate of drug-likeness (QED) is 0.370. The maximum Gasteiger partial charge on any atom is 0.156 e. The molecule has 1 saturated carbocycles. The number of rotatable bonds is 4. The summed E-state index contributed by atoms with van der Waals surface area (Å²) in [5.74, 6) is 6.34. The lowest BCUT2D eigenvalue weighted by atomic mass is 10.2. The normalized spacial score (nSPS) is 17.6. The molecule has 1 heterocycles. The van der Waals surface area contributed by atoms with Crippen molar-refractivity contribution in [2.45, 2.75) is 51.5 Å². The van der Waals surface area contributed by atoms with Crippen molar-refractivity contribution in [3.8, 4) is 0 Å². The van der Waals surface area contributed by atoms with Crippen molar-refractivity contribution in [3.63, 3.8) is 0 Å². The Bertz CT molecular complexity index is 381. The summed E-state index contributed by atoms with van der Waals surface area (Å²) in [5, 5.41) is 4.14. The first kappa shape index (κ1) is 12.4. The van der Waals surface area contributed by atoms with E-state index in [1.807, 2.05) is 0 Å². The largest absolute Gasteiger partial charge is 0.307 e. The van der Waals surface area contributed by atoms with Crippen LogP contribution >= 0.6 is 11.5 Å². The number of amidine groups is 1. The zero-order chi connectivity index (χ0) is 12.1. The Morgan fingerprint density at radius 1 is 1.53 bits per heavy atom. The first-order valence-electron chi connectivity index (χ1n) is 6.21. The molecule has 1 fully saturated rings. The molecule has 94 valence electrons. The van der Waals surface area contributed by atoms with Crippen molar-refractivity contribution < 1.29 is 0 Å². The van der Waals surface area contributed by atoms with Crippen LogP contribution in [-0.4, -0.2) is 21.5 Å². The van der Waals surface area contributed by atoms with Crippen LogP contribution in [0, 0.1) is 0 Å². The Morgan fingerprint density at radius 3 is 2.94 bits per heavy atom. The van der Waals surface area contributed by atoms with Crippen molar-refractivity contribution >= 4 is 17.4 Å². The number of nitrogens with one attached hydrogen (secondary N) is 1. The van der Waals surface area contributed by atoms with E-state index in [1.54, 1.807) is 0 Å². The lowest BCUT2D eigenvalue weighted by Gasteiger charge is -2.08. The summed E-state index contributed by atoms with van der Waals surface area (Å²) in [5.41, 5.74) is 3.72. The summed E-state index contributed by atoms with van der Waals surface area (Å²) >= 11 is 1.37. The van der Waals surface area contributed by atoms with Crippen molar-refractivity contribution in [3.05, 3.63) is 10.6 Å². The molecule has 1 aromatic rings. The molecular weight excluding hydrogens is 234 g/mol. The second-order valence-corrected chi connectivity index (χ2v) is 5.11. The number of hydrogen-bond acceptors (Lipinski definition) is 5. The minimum atomic E-state index is 0.414. The fraction of sp³-hybridized carbons (Fsp3) is 0.727. The number of aromatic nitrogens is 2. The van der Waals surface area contributed by atoms with Crippen LogP contribution in [0.15, 0.2) is 4.99 Å². The molecule has 1 aliphatic rings. The van der Waals surface area contributed by atoms with E-state index in [-0.39, 0.29) is 0 Å². The number of nitrogens with two attached hydrogens (primary N) is 1. The zero-order valence-electron chi connectivity index (χ0n) is 10.1. The predicted octanol–water partition coefficient (Wildman–Crippen LogP) is 1.64. The molecule has 2 rings (SSSR count). The van der Waals surface area contributed by atoms with E-state index in [1.165, 1.54) is 37.2 Å².